The molecule has 0 saturated carbocycles. The summed E-state index contributed by atoms with van der Waals surface area (Å²) in [6.45, 7) is 7.54. The topological polar surface area (TPSA) is 121 Å². The predicted octanol–water partition coefficient (Wildman–Crippen LogP) is 5.84. The summed E-state index contributed by atoms with van der Waals surface area (Å²) in [7, 11) is 3.21. The molecule has 10 heteroatoms. The van der Waals surface area contributed by atoms with Gasteiger partial charge in [0.2, 0.25) is 0 Å². The zero-order chi connectivity index (χ0) is 30.7. The van der Waals surface area contributed by atoms with Gasteiger partial charge in [-0.1, -0.05) is 36.4 Å². The molecule has 1 aromatic heterocycles. The van der Waals surface area contributed by atoms with E-state index in [1.165, 1.54) is 0 Å². The van der Waals surface area contributed by atoms with Crippen LogP contribution in [0.3, 0.4) is 0 Å². The van der Waals surface area contributed by atoms with Crippen molar-refractivity contribution in [3.63, 3.8) is 0 Å². The van der Waals surface area contributed by atoms with Crippen LogP contribution in [0.1, 0.15) is 67.6 Å². The molecule has 0 bridgehead atoms. The van der Waals surface area contributed by atoms with E-state index in [2.05, 4.69) is 5.32 Å². The maximum atomic E-state index is 12.9. The van der Waals surface area contributed by atoms with Crippen LogP contribution in [-0.2, 0) is 4.74 Å². The first-order chi connectivity index (χ1) is 20.6. The van der Waals surface area contributed by atoms with Crippen molar-refractivity contribution in [3.05, 3.63) is 59.2 Å². The Morgan fingerprint density at radius 2 is 1.65 bits per heavy atom. The highest BCUT2D eigenvalue weighted by molar-refractivity contribution is 6.04. The average molecular weight is 588 g/mol. The highest BCUT2D eigenvalue weighted by Crippen LogP contribution is 2.42. The lowest BCUT2D eigenvalue weighted by molar-refractivity contribution is 0.0157. The summed E-state index contributed by atoms with van der Waals surface area (Å²) in [5.74, 6) is 1.51. The number of ether oxygens (including phenoxy) is 3. The maximum absolute atomic E-state index is 12.9. The third-order valence-electron chi connectivity index (χ3n) is 8.00. The molecule has 228 valence electrons. The number of primary amides is 1. The van der Waals surface area contributed by atoms with Gasteiger partial charge in [0, 0.05) is 25.2 Å². The van der Waals surface area contributed by atoms with Gasteiger partial charge in [-0.2, -0.15) is 5.10 Å². The Balaban J connectivity index is 1.46. The summed E-state index contributed by atoms with van der Waals surface area (Å²) in [6, 6.07) is 13.8. The van der Waals surface area contributed by atoms with Gasteiger partial charge in [0.1, 0.15) is 34.2 Å². The lowest BCUT2D eigenvalue weighted by Gasteiger charge is -2.38. The van der Waals surface area contributed by atoms with E-state index in [4.69, 9.17) is 25.0 Å². The van der Waals surface area contributed by atoms with Crippen molar-refractivity contribution in [2.24, 2.45) is 11.7 Å². The van der Waals surface area contributed by atoms with Crippen LogP contribution in [0.5, 0.6) is 11.5 Å². The lowest BCUT2D eigenvalue weighted by atomic mass is 9.87. The monoisotopic (exact) mass is 587 g/mol. The number of hydrogen-bond donors (Lipinski definition) is 2. The summed E-state index contributed by atoms with van der Waals surface area (Å²) < 4.78 is 19.1. The quantitative estimate of drug-likeness (QED) is 0.333. The van der Waals surface area contributed by atoms with Crippen molar-refractivity contribution < 1.29 is 23.8 Å². The summed E-state index contributed by atoms with van der Waals surface area (Å²) in [5.41, 5.74) is 8.73. The number of nitrogens with two attached hydrogens (primary N) is 1. The van der Waals surface area contributed by atoms with Crippen LogP contribution in [0.25, 0.3) is 23.4 Å². The van der Waals surface area contributed by atoms with Gasteiger partial charge in [-0.05, 0) is 69.7 Å². The molecular weight excluding hydrogens is 546 g/mol. The van der Waals surface area contributed by atoms with Crippen LogP contribution >= 0.6 is 0 Å². The first-order valence-electron chi connectivity index (χ1n) is 14.7. The summed E-state index contributed by atoms with van der Waals surface area (Å²) in [5, 5.41) is 8.37. The Labute approximate surface area is 252 Å². The molecule has 0 radical (unpaired) electrons. The highest BCUT2D eigenvalue weighted by atomic mass is 16.6. The summed E-state index contributed by atoms with van der Waals surface area (Å²) in [4.78, 5) is 27.3. The fraction of sp³-hybridized carbons (Fsp3) is 0.424. The Hall–Kier alpha value is -4.47. The van der Waals surface area contributed by atoms with Crippen molar-refractivity contribution in [1.82, 2.24) is 14.7 Å². The maximum Gasteiger partial charge on any atom is 0.410 e. The number of amides is 2. The number of benzene rings is 2. The molecule has 3 aromatic rings. The van der Waals surface area contributed by atoms with Gasteiger partial charge in [-0.25, -0.2) is 9.48 Å². The minimum Gasteiger partial charge on any atom is -0.496 e. The lowest BCUT2D eigenvalue weighted by Crippen LogP contribution is -2.43. The van der Waals surface area contributed by atoms with Gasteiger partial charge >= 0.3 is 6.09 Å². The molecular formula is C33H41N5O5. The van der Waals surface area contributed by atoms with Crippen LogP contribution in [0, 0.1) is 5.92 Å². The third-order valence-corrected chi connectivity index (χ3v) is 8.00. The van der Waals surface area contributed by atoms with Gasteiger partial charge < -0.3 is 30.2 Å². The molecule has 2 aliphatic heterocycles. The molecule has 0 aliphatic carbocycles. The van der Waals surface area contributed by atoms with Gasteiger partial charge in [-0.15, -0.1) is 0 Å². The van der Waals surface area contributed by atoms with Gasteiger partial charge in [0.05, 0.1) is 25.8 Å². The number of fused-ring (bicyclic) bond motifs is 1. The first kappa shape index (κ1) is 30.0. The number of carbonyl (C=O) groups excluding carboxylic acids is 2. The molecule has 3 N–H and O–H groups in total. The average Bonchev–Trinajstić information content (AvgIpc) is 3.39. The number of likely N-dealkylation sites (tertiary alicyclic amines) is 1. The van der Waals surface area contributed by atoms with E-state index >= 15 is 0 Å². The molecule has 1 fully saturated rings. The van der Waals surface area contributed by atoms with E-state index in [0.29, 0.717) is 53.8 Å². The summed E-state index contributed by atoms with van der Waals surface area (Å²) in [6.07, 6.45) is 6.14. The molecule has 0 spiro atoms. The number of hydrogen-bond acceptors (Lipinski definition) is 7. The van der Waals surface area contributed by atoms with Gasteiger partial charge in [-0.3, -0.25) is 4.79 Å². The second kappa shape index (κ2) is 12.4. The molecule has 43 heavy (non-hydrogen) atoms. The normalized spacial score (nSPS) is 17.3. The Bertz CT molecular complexity index is 1470. The largest absolute Gasteiger partial charge is 0.496 e. The van der Waals surface area contributed by atoms with Crippen LogP contribution in [0.15, 0.2) is 42.5 Å². The minimum atomic E-state index is -0.560. The smallest absolute Gasteiger partial charge is 0.410 e. The van der Waals surface area contributed by atoms with Crippen molar-refractivity contribution in [2.75, 3.05) is 39.2 Å². The second-order valence-electron chi connectivity index (χ2n) is 12.0. The molecule has 2 aliphatic rings. The number of aromatic nitrogens is 2. The molecule has 10 nitrogen and oxygen atoms in total. The summed E-state index contributed by atoms with van der Waals surface area (Å²) >= 11 is 0. The van der Waals surface area contributed by atoms with Crippen LogP contribution in [0.4, 0.5) is 10.6 Å². The molecule has 2 aromatic carbocycles. The highest BCUT2D eigenvalue weighted by Gasteiger charge is 2.37. The van der Waals surface area contributed by atoms with E-state index in [1.807, 2.05) is 80.1 Å². The first-order valence-corrected chi connectivity index (χ1v) is 14.7. The van der Waals surface area contributed by atoms with E-state index < -0.39 is 11.5 Å². The zero-order valence-corrected chi connectivity index (χ0v) is 25.6. The van der Waals surface area contributed by atoms with E-state index in [1.54, 1.807) is 19.1 Å². The van der Waals surface area contributed by atoms with Crippen LogP contribution < -0.4 is 20.5 Å². The van der Waals surface area contributed by atoms with Gasteiger partial charge in [0.25, 0.3) is 5.91 Å². The SMILES string of the molecule is COc1cc(-c2nn3c(c2C(N)=O)NCCC3C2CCN(C(=O)OC(C)(C)C)CC2)cc(OC)c1C=Cc1ccccc1. The number of methoxy groups -OCH3 is 2. The van der Waals surface area contributed by atoms with E-state index in [0.717, 1.165) is 30.4 Å². The van der Waals surface area contributed by atoms with Gasteiger partial charge in [0.15, 0.2) is 0 Å². The molecule has 2 amide bonds. The number of nitrogens with one attached hydrogen (secondary N) is 1. The Morgan fingerprint density at radius 3 is 2.23 bits per heavy atom. The molecule has 5 rings (SSSR count). The fourth-order valence-corrected chi connectivity index (χ4v) is 5.95. The number of piperidine rings is 1. The van der Waals surface area contributed by atoms with Crippen molar-refractivity contribution in [1.29, 1.82) is 0 Å². The second-order valence-corrected chi connectivity index (χ2v) is 12.0. The Morgan fingerprint density at radius 1 is 1.00 bits per heavy atom. The standard InChI is InChI=1S/C33H41N5O5/c1-33(2,3)43-32(40)37-17-14-22(15-18-37)25-13-16-35-31-28(30(34)39)29(36-38(25)31)23-19-26(41-4)24(27(20-23)42-5)12-11-21-9-7-6-8-10-21/h6-12,19-20,22,25,35H,13-18H2,1-5H3,(H2,34,39). The van der Waals surface area contributed by atoms with E-state index in [-0.39, 0.29) is 18.1 Å². The predicted molar refractivity (Wildman–Crippen MR) is 167 cm³/mol. The Kier molecular flexibility index (Phi) is 8.66. The minimum absolute atomic E-state index is 0.0563. The number of carbonyl (C=O) groups is 2. The van der Waals surface area contributed by atoms with Crippen LogP contribution in [0.2, 0.25) is 0 Å². The zero-order valence-electron chi connectivity index (χ0n) is 25.6. The fourth-order valence-electron chi connectivity index (χ4n) is 5.95. The molecule has 3 heterocycles. The number of nitrogens with zero attached hydrogens (tertiary/aromatic N) is 3. The number of anilines is 1. The van der Waals surface area contributed by atoms with Crippen molar-refractivity contribution >= 4 is 30.0 Å². The molecule has 1 saturated heterocycles. The molecule has 1 unspecified atom stereocenters. The van der Waals surface area contributed by atoms with Crippen molar-refractivity contribution in [2.45, 2.75) is 51.7 Å². The van der Waals surface area contributed by atoms with Crippen molar-refractivity contribution in [3.8, 4) is 22.8 Å². The number of rotatable bonds is 7. The third kappa shape index (κ3) is 6.48. The van der Waals surface area contributed by atoms with E-state index in [9.17, 15) is 9.59 Å². The van der Waals surface area contributed by atoms with Crippen LogP contribution in [-0.4, -0.2) is 66.1 Å². The molecule has 1 atom stereocenters.